The van der Waals surface area contributed by atoms with Crippen LogP contribution in [-0.2, 0) is 6.61 Å². The molecule has 2 atom stereocenters. The number of halogens is 1. The van der Waals surface area contributed by atoms with Crippen LogP contribution >= 0.6 is 12.4 Å². The molecule has 3 rings (SSSR count). The SMILES string of the molecule is Cl.N[C@H](c1ccc(OCc2ccccc2)cc1O)[C@@H](O)C1CCCC1. The summed E-state index contributed by atoms with van der Waals surface area (Å²) in [6, 6.07) is 14.4. The fourth-order valence-electron chi connectivity index (χ4n) is 3.41. The van der Waals surface area contributed by atoms with E-state index in [1.54, 1.807) is 18.2 Å². The Labute approximate surface area is 155 Å². The molecule has 0 radical (unpaired) electrons. The van der Waals surface area contributed by atoms with Crippen molar-refractivity contribution < 1.29 is 14.9 Å². The van der Waals surface area contributed by atoms with Gasteiger partial charge in [0.2, 0.25) is 0 Å². The summed E-state index contributed by atoms with van der Waals surface area (Å²) >= 11 is 0. The molecule has 0 aliphatic heterocycles. The van der Waals surface area contributed by atoms with Gasteiger partial charge < -0.3 is 20.7 Å². The molecular weight excluding hydrogens is 338 g/mol. The second-order valence-corrected chi connectivity index (χ2v) is 6.56. The molecule has 2 aromatic rings. The number of aliphatic hydroxyl groups excluding tert-OH is 1. The summed E-state index contributed by atoms with van der Waals surface area (Å²) in [6.07, 6.45) is 3.69. The van der Waals surface area contributed by atoms with Crippen LogP contribution in [0, 0.1) is 5.92 Å². The molecule has 0 heterocycles. The summed E-state index contributed by atoms with van der Waals surface area (Å²) in [5.74, 6) is 0.890. The largest absolute Gasteiger partial charge is 0.507 e. The molecule has 0 spiro atoms. The summed E-state index contributed by atoms with van der Waals surface area (Å²) in [5.41, 5.74) is 7.82. The number of ether oxygens (including phenoxy) is 1. The Kier molecular flexibility index (Phi) is 7.12. The van der Waals surface area contributed by atoms with Gasteiger partial charge in [-0.1, -0.05) is 43.2 Å². The van der Waals surface area contributed by atoms with Crippen LogP contribution in [-0.4, -0.2) is 16.3 Å². The number of rotatable bonds is 6. The van der Waals surface area contributed by atoms with Gasteiger partial charge in [-0.2, -0.15) is 0 Å². The van der Waals surface area contributed by atoms with Crippen molar-refractivity contribution >= 4 is 12.4 Å². The van der Waals surface area contributed by atoms with Crippen molar-refractivity contribution in [1.82, 2.24) is 0 Å². The number of hydrogen-bond donors (Lipinski definition) is 3. The van der Waals surface area contributed by atoms with E-state index < -0.39 is 12.1 Å². The molecule has 1 fully saturated rings. The van der Waals surface area contributed by atoms with E-state index in [9.17, 15) is 10.2 Å². The van der Waals surface area contributed by atoms with Gasteiger partial charge >= 0.3 is 0 Å². The first-order valence-electron chi connectivity index (χ1n) is 8.58. The number of phenols is 1. The average Bonchev–Trinajstić information content (AvgIpc) is 3.14. The fraction of sp³-hybridized carbons (Fsp3) is 0.400. The van der Waals surface area contributed by atoms with Gasteiger partial charge in [0.1, 0.15) is 18.1 Å². The Morgan fingerprint density at radius 3 is 2.40 bits per heavy atom. The third-order valence-corrected chi connectivity index (χ3v) is 4.86. The summed E-state index contributed by atoms with van der Waals surface area (Å²) in [7, 11) is 0. The summed E-state index contributed by atoms with van der Waals surface area (Å²) in [4.78, 5) is 0. The first-order chi connectivity index (χ1) is 11.6. The molecule has 1 aliphatic carbocycles. The standard InChI is InChI=1S/C20H25NO3.ClH/c21-19(20(23)15-8-4-5-9-15)17-11-10-16(12-18(17)22)24-13-14-6-2-1-3-7-14;/h1-3,6-7,10-12,15,19-20,22-23H,4-5,8-9,13,21H2;1H/t19-,20+;/m1./s1. The van der Waals surface area contributed by atoms with Gasteiger partial charge in [0.15, 0.2) is 0 Å². The highest BCUT2D eigenvalue weighted by atomic mass is 35.5. The number of benzene rings is 2. The smallest absolute Gasteiger partial charge is 0.124 e. The number of aromatic hydroxyl groups is 1. The number of hydrogen-bond acceptors (Lipinski definition) is 4. The van der Waals surface area contributed by atoms with Crippen LogP contribution in [0.5, 0.6) is 11.5 Å². The van der Waals surface area contributed by atoms with Gasteiger partial charge in [-0.25, -0.2) is 0 Å². The molecule has 0 bridgehead atoms. The van der Waals surface area contributed by atoms with Crippen LogP contribution in [0.15, 0.2) is 48.5 Å². The maximum Gasteiger partial charge on any atom is 0.124 e. The van der Waals surface area contributed by atoms with E-state index in [4.69, 9.17) is 10.5 Å². The van der Waals surface area contributed by atoms with E-state index in [1.165, 1.54) is 0 Å². The lowest BCUT2D eigenvalue weighted by molar-refractivity contribution is 0.0836. The molecule has 4 nitrogen and oxygen atoms in total. The van der Waals surface area contributed by atoms with E-state index in [1.807, 2.05) is 30.3 Å². The lowest BCUT2D eigenvalue weighted by Crippen LogP contribution is -2.31. The number of nitrogens with two attached hydrogens (primary N) is 1. The number of aliphatic hydroxyl groups is 1. The van der Waals surface area contributed by atoms with E-state index in [-0.39, 0.29) is 24.1 Å². The zero-order valence-corrected chi connectivity index (χ0v) is 15.0. The van der Waals surface area contributed by atoms with Crippen molar-refractivity contribution in [3.63, 3.8) is 0 Å². The molecule has 0 unspecified atom stereocenters. The molecule has 1 saturated carbocycles. The van der Waals surface area contributed by atoms with Crippen molar-refractivity contribution in [3.05, 3.63) is 59.7 Å². The molecule has 0 saturated heterocycles. The van der Waals surface area contributed by atoms with Gasteiger partial charge in [-0.3, -0.25) is 0 Å². The van der Waals surface area contributed by atoms with Crippen molar-refractivity contribution in [2.24, 2.45) is 11.7 Å². The molecule has 0 aromatic heterocycles. The molecule has 5 heteroatoms. The van der Waals surface area contributed by atoms with Crippen LogP contribution < -0.4 is 10.5 Å². The zero-order chi connectivity index (χ0) is 16.9. The normalized spacial score (nSPS) is 16.9. The Bertz CT molecular complexity index is 659. The minimum Gasteiger partial charge on any atom is -0.507 e. The molecule has 1 aliphatic rings. The predicted molar refractivity (Wildman–Crippen MR) is 101 cm³/mol. The maximum atomic E-state index is 10.4. The highest BCUT2D eigenvalue weighted by molar-refractivity contribution is 5.85. The third-order valence-electron chi connectivity index (χ3n) is 4.86. The van der Waals surface area contributed by atoms with Crippen molar-refractivity contribution in [3.8, 4) is 11.5 Å². The average molecular weight is 364 g/mol. The van der Waals surface area contributed by atoms with Crippen LogP contribution in [0.1, 0.15) is 42.9 Å². The van der Waals surface area contributed by atoms with E-state index in [0.717, 1.165) is 31.2 Å². The van der Waals surface area contributed by atoms with Crippen molar-refractivity contribution in [2.45, 2.75) is 44.4 Å². The molecule has 4 N–H and O–H groups in total. The number of phenolic OH excluding ortho intramolecular Hbond substituents is 1. The first kappa shape index (κ1) is 19.6. The Morgan fingerprint density at radius 2 is 1.76 bits per heavy atom. The van der Waals surface area contributed by atoms with Crippen molar-refractivity contribution in [2.75, 3.05) is 0 Å². The van der Waals surface area contributed by atoms with Gasteiger partial charge in [0.25, 0.3) is 0 Å². The monoisotopic (exact) mass is 363 g/mol. The Hall–Kier alpha value is -1.75. The fourth-order valence-corrected chi connectivity index (χ4v) is 3.41. The predicted octanol–water partition coefficient (Wildman–Crippen LogP) is 3.94. The maximum absolute atomic E-state index is 10.4. The first-order valence-corrected chi connectivity index (χ1v) is 8.58. The second kappa shape index (κ2) is 9.09. The molecule has 0 amide bonds. The van der Waals surface area contributed by atoms with Crippen molar-refractivity contribution in [1.29, 1.82) is 0 Å². The summed E-state index contributed by atoms with van der Waals surface area (Å²) in [5, 5.41) is 20.7. The minimum atomic E-state index is -0.616. The van der Waals surface area contributed by atoms with Crippen LogP contribution in [0.25, 0.3) is 0 Å². The van der Waals surface area contributed by atoms with E-state index >= 15 is 0 Å². The molecule has 2 aromatic carbocycles. The third kappa shape index (κ3) is 4.88. The van der Waals surface area contributed by atoms with Gasteiger partial charge in [0.05, 0.1) is 12.1 Å². The lowest BCUT2D eigenvalue weighted by atomic mass is 9.90. The summed E-state index contributed by atoms with van der Waals surface area (Å²) in [6.45, 7) is 0.441. The minimum absolute atomic E-state index is 0. The highest BCUT2D eigenvalue weighted by Crippen LogP contribution is 2.36. The van der Waals surface area contributed by atoms with Gasteiger partial charge in [-0.05, 0) is 36.5 Å². The second-order valence-electron chi connectivity index (χ2n) is 6.56. The highest BCUT2D eigenvalue weighted by Gasteiger charge is 2.30. The van der Waals surface area contributed by atoms with Crippen LogP contribution in [0.4, 0.5) is 0 Å². The van der Waals surface area contributed by atoms with E-state index in [2.05, 4.69) is 0 Å². The molecular formula is C20H26ClNO3. The van der Waals surface area contributed by atoms with Crippen LogP contribution in [0.2, 0.25) is 0 Å². The Morgan fingerprint density at radius 1 is 1.08 bits per heavy atom. The molecule has 136 valence electrons. The quantitative estimate of drug-likeness (QED) is 0.726. The zero-order valence-electron chi connectivity index (χ0n) is 14.2. The molecule has 25 heavy (non-hydrogen) atoms. The van der Waals surface area contributed by atoms with E-state index in [0.29, 0.717) is 17.9 Å². The van der Waals surface area contributed by atoms with Crippen LogP contribution in [0.3, 0.4) is 0 Å². The topological polar surface area (TPSA) is 75.7 Å². The summed E-state index contributed by atoms with van der Waals surface area (Å²) < 4.78 is 5.70. The Balaban J connectivity index is 0.00000225. The lowest BCUT2D eigenvalue weighted by Gasteiger charge is -2.25. The van der Waals surface area contributed by atoms with Gasteiger partial charge in [0, 0.05) is 11.6 Å². The van der Waals surface area contributed by atoms with Gasteiger partial charge in [-0.15, -0.1) is 12.4 Å².